The van der Waals surface area contributed by atoms with E-state index in [-0.39, 0.29) is 24.8 Å². The van der Waals surface area contributed by atoms with E-state index in [0.29, 0.717) is 49.7 Å². The molecule has 0 spiro atoms. The van der Waals surface area contributed by atoms with Gasteiger partial charge < -0.3 is 4.90 Å². The molecule has 4 unspecified atom stereocenters. The minimum atomic E-state index is -5.04. The maximum Gasteiger partial charge on any atom is 0.426 e. The Bertz CT molecular complexity index is 1390. The summed E-state index contributed by atoms with van der Waals surface area (Å²) in [7, 11) is -3.27. The van der Waals surface area contributed by atoms with E-state index in [1.165, 1.54) is 12.1 Å². The fraction of sp³-hybridized carbons (Fsp3) is 0.567. The first-order valence-corrected chi connectivity index (χ1v) is 15.7. The number of rotatable bonds is 4. The normalized spacial score (nSPS) is 31.2. The van der Waals surface area contributed by atoms with Crippen LogP contribution in [-0.4, -0.2) is 48.5 Å². The van der Waals surface area contributed by atoms with Crippen LogP contribution in [0.3, 0.4) is 0 Å². The topological polar surface area (TPSA) is 54.5 Å². The number of sulfone groups is 1. The molecule has 2 heterocycles. The summed E-state index contributed by atoms with van der Waals surface area (Å²) in [6.45, 7) is 4.34. The summed E-state index contributed by atoms with van der Waals surface area (Å²) in [5.74, 6) is -0.451. The number of hydrogen-bond donors (Lipinski definition) is 0. The molecule has 2 saturated heterocycles. The van der Waals surface area contributed by atoms with Crippen LogP contribution in [0.1, 0.15) is 68.7 Å². The lowest BCUT2D eigenvalue weighted by Gasteiger charge is -2.45. The molecule has 0 bridgehead atoms. The van der Waals surface area contributed by atoms with Gasteiger partial charge in [-0.25, -0.2) is 12.8 Å². The second kappa shape index (κ2) is 10.0. The number of amides is 1. The van der Waals surface area contributed by atoms with Crippen molar-refractivity contribution in [1.29, 1.82) is 0 Å². The van der Waals surface area contributed by atoms with Gasteiger partial charge in [0.15, 0.2) is 9.84 Å². The van der Waals surface area contributed by atoms with Crippen LogP contribution in [0.4, 0.5) is 17.6 Å². The van der Waals surface area contributed by atoms with Crippen molar-refractivity contribution in [3.05, 3.63) is 69.7 Å². The lowest BCUT2D eigenvalue weighted by molar-refractivity contribution is -0.228. The first-order valence-electron chi connectivity index (χ1n) is 13.7. The largest absolute Gasteiger partial charge is 0.426 e. The molecule has 0 aromatic heterocycles. The van der Waals surface area contributed by atoms with Crippen molar-refractivity contribution in [3.8, 4) is 0 Å². The van der Waals surface area contributed by atoms with E-state index in [1.54, 1.807) is 32.0 Å². The van der Waals surface area contributed by atoms with Gasteiger partial charge in [-0.1, -0.05) is 41.9 Å². The van der Waals surface area contributed by atoms with Gasteiger partial charge in [-0.05, 0) is 93.7 Å². The number of hydrogen-bond acceptors (Lipinski definition) is 3. The zero-order chi connectivity index (χ0) is 29.3. The molecule has 10 heteroatoms. The van der Waals surface area contributed by atoms with Gasteiger partial charge in [0.05, 0.1) is 10.5 Å². The van der Waals surface area contributed by atoms with Gasteiger partial charge in [-0.15, -0.1) is 0 Å². The molecule has 0 radical (unpaired) electrons. The van der Waals surface area contributed by atoms with E-state index in [9.17, 15) is 30.8 Å². The SMILES string of the molecule is C[C@@H]1CC(C(=O)N2CCC3(Cc4ccc(Cl)cc4)c4ccc(C(C)(F)C(F)(F)F)cc4CCC23)C[C@H](C)S1(=O)=O. The van der Waals surface area contributed by atoms with Crippen molar-refractivity contribution in [1.82, 2.24) is 4.90 Å². The first kappa shape index (κ1) is 29.4. The van der Waals surface area contributed by atoms with Gasteiger partial charge in [0.2, 0.25) is 11.6 Å². The second-order valence-electron chi connectivity index (χ2n) is 12.0. The third kappa shape index (κ3) is 4.75. The van der Waals surface area contributed by atoms with Gasteiger partial charge >= 0.3 is 6.18 Å². The van der Waals surface area contributed by atoms with Crippen LogP contribution in [0.15, 0.2) is 42.5 Å². The smallest absolute Gasteiger partial charge is 0.339 e. The molecule has 0 N–H and O–H groups in total. The summed E-state index contributed by atoms with van der Waals surface area (Å²) >= 11 is 6.11. The van der Waals surface area contributed by atoms with Crippen LogP contribution < -0.4 is 0 Å². The summed E-state index contributed by atoms with van der Waals surface area (Å²) in [6, 6.07) is 11.4. The Morgan fingerprint density at radius 2 is 1.68 bits per heavy atom. The number of benzene rings is 2. The molecule has 3 aliphatic rings. The number of fused-ring (bicyclic) bond motifs is 3. The minimum Gasteiger partial charge on any atom is -0.339 e. The van der Waals surface area contributed by atoms with Crippen molar-refractivity contribution >= 4 is 27.3 Å². The van der Waals surface area contributed by atoms with Gasteiger partial charge in [0.1, 0.15) is 0 Å². The summed E-state index contributed by atoms with van der Waals surface area (Å²) in [4.78, 5) is 15.8. The third-order valence-electron chi connectivity index (χ3n) is 9.64. The quantitative estimate of drug-likeness (QED) is 0.367. The molecule has 6 atom stereocenters. The Hall–Kier alpha value is -2.13. The molecule has 2 aromatic rings. The van der Waals surface area contributed by atoms with Gasteiger partial charge in [0, 0.05) is 28.9 Å². The van der Waals surface area contributed by atoms with Crippen molar-refractivity contribution in [2.45, 2.75) is 93.1 Å². The molecule has 40 heavy (non-hydrogen) atoms. The van der Waals surface area contributed by atoms with Crippen molar-refractivity contribution in [2.24, 2.45) is 5.92 Å². The second-order valence-corrected chi connectivity index (χ2v) is 15.3. The molecular weight excluding hydrogens is 566 g/mol. The van der Waals surface area contributed by atoms with Crippen LogP contribution in [0.5, 0.6) is 0 Å². The summed E-state index contributed by atoms with van der Waals surface area (Å²) < 4.78 is 80.6. The van der Waals surface area contributed by atoms with E-state index in [2.05, 4.69) is 0 Å². The summed E-state index contributed by atoms with van der Waals surface area (Å²) in [5.41, 5.74) is -1.96. The highest BCUT2D eigenvalue weighted by atomic mass is 35.5. The number of likely N-dealkylation sites (tertiary alicyclic amines) is 1. The van der Waals surface area contributed by atoms with E-state index in [1.807, 2.05) is 17.0 Å². The Morgan fingerprint density at radius 1 is 1.05 bits per heavy atom. The maximum atomic E-state index is 14.9. The van der Waals surface area contributed by atoms with Crippen molar-refractivity contribution in [2.75, 3.05) is 6.54 Å². The summed E-state index contributed by atoms with van der Waals surface area (Å²) in [6.07, 6.45) is -2.39. The van der Waals surface area contributed by atoms with E-state index < -0.39 is 49.1 Å². The number of carbonyl (C=O) groups excluding carboxylic acids is 1. The minimum absolute atomic E-state index is 0.0509. The van der Waals surface area contributed by atoms with Crippen LogP contribution in [-0.2, 0) is 38.6 Å². The fourth-order valence-corrected chi connectivity index (χ4v) is 9.17. The monoisotopic (exact) mass is 599 g/mol. The summed E-state index contributed by atoms with van der Waals surface area (Å²) in [5, 5.41) is -0.610. The maximum absolute atomic E-state index is 14.9. The molecule has 4 nitrogen and oxygen atoms in total. The molecule has 218 valence electrons. The number of alkyl halides is 4. The van der Waals surface area contributed by atoms with E-state index >= 15 is 0 Å². The standard InChI is InChI=1S/C30H34ClF4NO3S/c1-18-14-22(15-19(2)40(18,38)39)27(37)36-13-12-29(17-20-4-8-24(31)9-5-20)25-10-7-23(28(3,32)30(33,34)35)16-21(25)6-11-26(29)36/h4-5,7-10,16,18-19,22,26H,6,11-15,17H2,1-3H3/t18-,19+,22?,26?,28?,29?. The van der Waals surface area contributed by atoms with Gasteiger partial charge in [-0.3, -0.25) is 4.79 Å². The molecule has 1 amide bonds. The zero-order valence-electron chi connectivity index (χ0n) is 22.8. The number of halogens is 5. The van der Waals surface area contributed by atoms with E-state index in [4.69, 9.17) is 11.6 Å². The fourth-order valence-electron chi connectivity index (χ4n) is 7.25. The van der Waals surface area contributed by atoms with Crippen molar-refractivity contribution < 1.29 is 30.8 Å². The molecule has 1 aliphatic carbocycles. The Balaban J connectivity index is 1.53. The molecule has 2 fully saturated rings. The van der Waals surface area contributed by atoms with Crippen molar-refractivity contribution in [3.63, 3.8) is 0 Å². The molecule has 2 aromatic carbocycles. The number of aryl methyl sites for hydroxylation is 1. The highest BCUT2D eigenvalue weighted by Crippen LogP contribution is 2.51. The van der Waals surface area contributed by atoms with Crippen LogP contribution in [0.25, 0.3) is 0 Å². The van der Waals surface area contributed by atoms with Gasteiger partial charge in [0.25, 0.3) is 0 Å². The molecule has 2 aliphatic heterocycles. The average Bonchev–Trinajstić information content (AvgIpc) is 3.26. The lowest BCUT2D eigenvalue weighted by atomic mass is 9.63. The first-order chi connectivity index (χ1) is 18.6. The number of carbonyl (C=O) groups is 1. The van der Waals surface area contributed by atoms with E-state index in [0.717, 1.165) is 11.1 Å². The molecule has 0 saturated carbocycles. The highest BCUT2D eigenvalue weighted by Gasteiger charge is 2.56. The molecule has 5 rings (SSSR count). The zero-order valence-corrected chi connectivity index (χ0v) is 24.3. The highest BCUT2D eigenvalue weighted by molar-refractivity contribution is 7.92. The third-order valence-corrected chi connectivity index (χ3v) is 12.5. The van der Waals surface area contributed by atoms with Gasteiger partial charge in [-0.2, -0.15) is 13.2 Å². The van der Waals surface area contributed by atoms with Crippen LogP contribution in [0.2, 0.25) is 5.02 Å². The number of nitrogens with zero attached hydrogens (tertiary/aromatic N) is 1. The molecular formula is C30H34ClF4NO3S. The Labute approximate surface area is 238 Å². The Morgan fingerprint density at radius 3 is 2.27 bits per heavy atom. The predicted octanol–water partition coefficient (Wildman–Crippen LogP) is 6.72. The average molecular weight is 600 g/mol. The van der Waals surface area contributed by atoms with Crippen LogP contribution >= 0.6 is 11.6 Å². The lowest BCUT2D eigenvalue weighted by Crippen LogP contribution is -2.52. The predicted molar refractivity (Wildman–Crippen MR) is 147 cm³/mol. The van der Waals surface area contributed by atoms with Crippen LogP contribution in [0, 0.1) is 5.92 Å². The Kier molecular flexibility index (Phi) is 7.34.